The maximum absolute atomic E-state index is 12.0. The van der Waals surface area contributed by atoms with Crippen molar-refractivity contribution < 1.29 is 48.8 Å². The highest BCUT2D eigenvalue weighted by atomic mass is 32.2. The molecule has 0 atom stereocenters. The van der Waals surface area contributed by atoms with Crippen molar-refractivity contribution in [1.82, 2.24) is 15.0 Å². The van der Waals surface area contributed by atoms with E-state index in [-0.39, 0.29) is 44.7 Å². The summed E-state index contributed by atoms with van der Waals surface area (Å²) in [5, 5.41) is 32.7. The lowest BCUT2D eigenvalue weighted by molar-refractivity contribution is 0.416. The van der Waals surface area contributed by atoms with Crippen LogP contribution in [0.3, 0.4) is 0 Å². The van der Waals surface area contributed by atoms with E-state index in [1.54, 1.807) is 37.3 Å². The van der Waals surface area contributed by atoms with Crippen LogP contribution in [0.2, 0.25) is 0 Å². The number of nitrogens with one attached hydrogen (secondary N) is 2. The lowest BCUT2D eigenvalue weighted by atomic mass is 10.1. The maximum atomic E-state index is 12.0. The van der Waals surface area contributed by atoms with Crippen molar-refractivity contribution >= 4 is 87.1 Å². The van der Waals surface area contributed by atoms with Crippen molar-refractivity contribution in [3.8, 4) is 11.8 Å². The Hall–Kier alpha value is -6.50. The zero-order chi connectivity index (χ0) is 40.4. The Bertz CT molecular complexity index is 2930. The van der Waals surface area contributed by atoms with Crippen molar-refractivity contribution in [2.75, 3.05) is 17.7 Å². The number of methoxy groups -OCH3 is 1. The van der Waals surface area contributed by atoms with Gasteiger partial charge in [-0.3, -0.25) is 13.7 Å². The van der Waals surface area contributed by atoms with Crippen LogP contribution in [0.1, 0.15) is 5.56 Å². The Kier molecular flexibility index (Phi) is 10.7. The number of nitrogens with zero attached hydrogens (tertiary/aromatic N) is 7. The third kappa shape index (κ3) is 9.41. The molecule has 0 amide bonds. The number of benzene rings is 5. The molecule has 6 N–H and O–H groups in total. The molecule has 0 fully saturated rings. The highest BCUT2D eigenvalue weighted by molar-refractivity contribution is 7.87. The number of hydrogen-bond acceptors (Lipinski definition) is 17. The van der Waals surface area contributed by atoms with Gasteiger partial charge in [0, 0.05) is 17.1 Å². The van der Waals surface area contributed by atoms with E-state index in [0.29, 0.717) is 34.4 Å². The Morgan fingerprint density at radius 1 is 0.625 bits per heavy atom. The third-order valence-electron chi connectivity index (χ3n) is 7.63. The zero-order valence-electron chi connectivity index (χ0n) is 28.7. The summed E-state index contributed by atoms with van der Waals surface area (Å²) in [6.07, 6.45) is 0. The van der Waals surface area contributed by atoms with Gasteiger partial charge in [0.2, 0.25) is 11.9 Å². The number of azo groups is 2. The van der Waals surface area contributed by atoms with E-state index in [0.717, 1.165) is 12.1 Å². The molecule has 0 aliphatic rings. The van der Waals surface area contributed by atoms with Gasteiger partial charge in [-0.15, -0.1) is 0 Å². The summed E-state index contributed by atoms with van der Waals surface area (Å²) in [6.45, 7) is 1.73. The topological polar surface area (TPSA) is 305 Å². The van der Waals surface area contributed by atoms with Crippen LogP contribution in [0.4, 0.5) is 46.0 Å². The van der Waals surface area contributed by atoms with Crippen LogP contribution in [0, 0.1) is 6.92 Å². The smallest absolute Gasteiger partial charge is 0.320 e. The zero-order valence-corrected chi connectivity index (χ0v) is 31.1. The van der Waals surface area contributed by atoms with Gasteiger partial charge in [-0.2, -0.15) is 60.7 Å². The molecule has 5 aromatic carbocycles. The minimum Gasteiger partial charge on any atom is -0.494 e. The van der Waals surface area contributed by atoms with E-state index in [1.807, 2.05) is 0 Å². The fourth-order valence-corrected chi connectivity index (χ4v) is 6.93. The van der Waals surface area contributed by atoms with Crippen LogP contribution in [0.25, 0.3) is 10.8 Å². The first kappa shape index (κ1) is 39.2. The molecule has 0 bridgehead atoms. The van der Waals surface area contributed by atoms with E-state index in [4.69, 9.17) is 4.74 Å². The largest absolute Gasteiger partial charge is 0.494 e. The summed E-state index contributed by atoms with van der Waals surface area (Å²) in [5.74, 6) is 0.198. The molecule has 0 saturated carbocycles. The number of aryl methyl sites for hydroxylation is 1. The van der Waals surface area contributed by atoms with Gasteiger partial charge in [0.15, 0.2) is 0 Å². The van der Waals surface area contributed by atoms with Gasteiger partial charge in [-0.25, -0.2) is 0 Å². The number of fused-ring (bicyclic) bond motifs is 1. The normalized spacial score (nSPS) is 12.4. The van der Waals surface area contributed by atoms with Gasteiger partial charge in [-0.1, -0.05) is 12.1 Å². The summed E-state index contributed by atoms with van der Waals surface area (Å²) < 4.78 is 104. The molecule has 56 heavy (non-hydrogen) atoms. The summed E-state index contributed by atoms with van der Waals surface area (Å²) in [4.78, 5) is 10.3. The Labute approximate surface area is 318 Å². The predicted octanol–water partition coefficient (Wildman–Crippen LogP) is 7.11. The van der Waals surface area contributed by atoms with Crippen LogP contribution in [-0.2, 0) is 30.4 Å². The van der Waals surface area contributed by atoms with Gasteiger partial charge >= 0.3 is 6.01 Å². The highest BCUT2D eigenvalue weighted by Crippen LogP contribution is 2.34. The second-order valence-electron chi connectivity index (χ2n) is 11.6. The van der Waals surface area contributed by atoms with E-state index in [2.05, 4.69) is 46.0 Å². The lowest BCUT2D eigenvalue weighted by Gasteiger charge is -2.12. The summed E-state index contributed by atoms with van der Waals surface area (Å²) in [6, 6.07) is 20.0. The standard InChI is InChI=1S/C33H27N9O11S3/c1-18-12-20(8-10-27(18)42-41-22-7-6-19-13-25(55(47,48)49)17-30(26(19)15-22)56(50,51)52)34-31-36-32(38-33(43)37-31)35-28-11-9-23(16-29(28)53-2)40-39-21-4-3-5-24(14-21)54(44,45)46/h3-17H,1-2H3,(H,44,45,46)(H,47,48,49)(H,50,51,52)(H3,34,35,36,37,38,43)/b40-39+,42-41+. The van der Waals surface area contributed by atoms with Gasteiger partial charge in [0.25, 0.3) is 30.4 Å². The molecule has 0 radical (unpaired) electrons. The van der Waals surface area contributed by atoms with Crippen LogP contribution in [-0.4, -0.2) is 66.1 Å². The molecule has 0 unspecified atom stereocenters. The molecule has 0 spiro atoms. The average molecular weight is 822 g/mol. The number of aromatic nitrogens is 3. The monoisotopic (exact) mass is 821 g/mol. The molecule has 20 nitrogen and oxygen atoms in total. The van der Waals surface area contributed by atoms with Crippen molar-refractivity contribution in [3.05, 3.63) is 96.6 Å². The van der Waals surface area contributed by atoms with Gasteiger partial charge in [0.05, 0.1) is 45.3 Å². The Morgan fingerprint density at radius 2 is 1.27 bits per heavy atom. The van der Waals surface area contributed by atoms with Crippen molar-refractivity contribution in [3.63, 3.8) is 0 Å². The first-order valence-corrected chi connectivity index (χ1v) is 19.9. The second kappa shape index (κ2) is 15.3. The first-order chi connectivity index (χ1) is 26.3. The number of rotatable bonds is 12. The van der Waals surface area contributed by atoms with Crippen LogP contribution in [0.5, 0.6) is 11.8 Å². The van der Waals surface area contributed by atoms with Gasteiger partial charge < -0.3 is 20.5 Å². The molecule has 6 aromatic rings. The molecule has 0 saturated heterocycles. The lowest BCUT2D eigenvalue weighted by Crippen LogP contribution is -2.04. The molecular formula is C33H27N9O11S3. The number of aromatic hydroxyl groups is 1. The van der Waals surface area contributed by atoms with Crippen LogP contribution >= 0.6 is 0 Å². The summed E-state index contributed by atoms with van der Waals surface area (Å²) in [5.41, 5.74) is 2.60. The minimum atomic E-state index is -4.89. The third-order valence-corrected chi connectivity index (χ3v) is 10.2. The minimum absolute atomic E-state index is 0.0340. The van der Waals surface area contributed by atoms with Crippen LogP contribution in [0.15, 0.2) is 126 Å². The SMILES string of the molecule is COc1cc(/N=N/c2cccc(S(=O)(=O)O)c2)ccc1Nc1nc(O)nc(Nc2ccc(/N=N/c3ccc4cc(S(=O)(=O)O)cc(S(=O)(=O)O)c4c3)c(C)c2)n1. The molecule has 1 heterocycles. The van der Waals surface area contributed by atoms with E-state index in [1.165, 1.54) is 49.6 Å². The molecule has 0 aliphatic heterocycles. The summed E-state index contributed by atoms with van der Waals surface area (Å²) >= 11 is 0. The quantitative estimate of drug-likeness (QED) is 0.0529. The number of anilines is 4. The van der Waals surface area contributed by atoms with Gasteiger partial charge in [-0.05, 0) is 90.7 Å². The first-order valence-electron chi connectivity index (χ1n) is 15.6. The maximum Gasteiger partial charge on any atom is 0.320 e. The molecule has 6 rings (SSSR count). The average Bonchev–Trinajstić information content (AvgIpc) is 3.12. The molecule has 23 heteroatoms. The van der Waals surface area contributed by atoms with Crippen LogP contribution < -0.4 is 15.4 Å². The van der Waals surface area contributed by atoms with E-state index >= 15 is 0 Å². The Morgan fingerprint density at radius 3 is 1.93 bits per heavy atom. The predicted molar refractivity (Wildman–Crippen MR) is 200 cm³/mol. The summed E-state index contributed by atoms with van der Waals surface area (Å²) in [7, 11) is -12.7. The van der Waals surface area contributed by atoms with Gasteiger partial charge in [0.1, 0.15) is 10.6 Å². The molecule has 288 valence electrons. The second-order valence-corrected chi connectivity index (χ2v) is 15.8. The Balaban J connectivity index is 1.17. The van der Waals surface area contributed by atoms with Crippen molar-refractivity contribution in [2.24, 2.45) is 20.5 Å². The van der Waals surface area contributed by atoms with Crippen molar-refractivity contribution in [1.29, 1.82) is 0 Å². The van der Waals surface area contributed by atoms with E-state index < -0.39 is 46.2 Å². The fourth-order valence-electron chi connectivity index (χ4n) is 5.06. The van der Waals surface area contributed by atoms with E-state index in [9.17, 15) is 44.0 Å². The molecule has 0 aliphatic carbocycles. The number of hydrogen-bond donors (Lipinski definition) is 6. The fraction of sp³-hybridized carbons (Fsp3) is 0.0606. The highest BCUT2D eigenvalue weighted by Gasteiger charge is 2.21. The van der Waals surface area contributed by atoms with Crippen molar-refractivity contribution in [2.45, 2.75) is 21.6 Å². The number of ether oxygens (including phenoxy) is 1. The molecular weight excluding hydrogens is 795 g/mol. The molecule has 1 aromatic heterocycles.